The highest BCUT2D eigenvalue weighted by atomic mass is 32.1. The summed E-state index contributed by atoms with van der Waals surface area (Å²) in [7, 11) is 0. The molecule has 0 atom stereocenters. The third-order valence-corrected chi connectivity index (χ3v) is 2.42. The van der Waals surface area contributed by atoms with E-state index in [0.717, 1.165) is 18.4 Å². The van der Waals surface area contributed by atoms with Crippen molar-refractivity contribution in [2.75, 3.05) is 0 Å². The average molecular weight is 221 g/mol. The molecule has 0 unspecified atom stereocenters. The van der Waals surface area contributed by atoms with Gasteiger partial charge >= 0.3 is 0 Å². The molecule has 0 radical (unpaired) electrons. The summed E-state index contributed by atoms with van der Waals surface area (Å²) >= 11 is 4.76. The number of nitrogens with one attached hydrogen (secondary N) is 2. The third-order valence-electron chi connectivity index (χ3n) is 2.22. The molecule has 1 aliphatic rings. The van der Waals surface area contributed by atoms with Crippen LogP contribution in [0.1, 0.15) is 18.5 Å². The molecule has 0 fully saturated rings. The van der Waals surface area contributed by atoms with Gasteiger partial charge in [0, 0.05) is 6.42 Å². The molecule has 0 saturated carbocycles. The van der Waals surface area contributed by atoms with Crippen molar-refractivity contribution in [3.63, 3.8) is 0 Å². The Hall–Kier alpha value is -1.49. The Morgan fingerprint density at radius 3 is 3.00 bits per heavy atom. The minimum Gasteiger partial charge on any atom is -0.296 e. The molecule has 2 rings (SSSR count). The van der Waals surface area contributed by atoms with E-state index >= 15 is 0 Å². The second-order valence-electron chi connectivity index (χ2n) is 3.39. The highest BCUT2D eigenvalue weighted by molar-refractivity contribution is 7.71. The lowest BCUT2D eigenvalue weighted by Crippen LogP contribution is -2.17. The summed E-state index contributed by atoms with van der Waals surface area (Å²) in [5, 5.41) is 6.51. The van der Waals surface area contributed by atoms with Gasteiger partial charge in [0.15, 0.2) is 4.77 Å². The maximum absolute atomic E-state index is 11.5. The number of aromatic amines is 2. The van der Waals surface area contributed by atoms with Gasteiger partial charge in [-0.3, -0.25) is 14.9 Å². The highest BCUT2D eigenvalue weighted by Crippen LogP contribution is 2.11. The fraction of sp³-hybridized carbons (Fsp3) is 0.300. The van der Waals surface area contributed by atoms with Crippen LogP contribution in [0, 0.1) is 4.77 Å². The van der Waals surface area contributed by atoms with Crippen molar-refractivity contribution in [1.29, 1.82) is 0 Å². The topological polar surface area (TPSA) is 61.5 Å². The number of H-pyrrole nitrogens is 2. The summed E-state index contributed by atoms with van der Waals surface area (Å²) in [6.45, 7) is 0. The van der Waals surface area contributed by atoms with Gasteiger partial charge < -0.3 is 0 Å². The summed E-state index contributed by atoms with van der Waals surface area (Å²) in [6, 6.07) is 0. The predicted molar refractivity (Wildman–Crippen MR) is 60.2 cm³/mol. The second kappa shape index (κ2) is 4.35. The largest absolute Gasteiger partial charge is 0.296 e. The summed E-state index contributed by atoms with van der Waals surface area (Å²) in [5.74, 6) is 0. The van der Waals surface area contributed by atoms with Gasteiger partial charge in [0.2, 0.25) is 0 Å². The fourth-order valence-electron chi connectivity index (χ4n) is 1.48. The molecule has 0 amide bonds. The summed E-state index contributed by atoms with van der Waals surface area (Å²) in [4.78, 5) is 14.0. The molecule has 0 saturated heterocycles. The van der Waals surface area contributed by atoms with Crippen molar-refractivity contribution in [2.45, 2.75) is 19.3 Å². The summed E-state index contributed by atoms with van der Waals surface area (Å²) in [6.07, 6.45) is 8.93. The van der Waals surface area contributed by atoms with Crippen LogP contribution in [0.2, 0.25) is 0 Å². The Bertz CT molecular complexity index is 524. The predicted octanol–water partition coefficient (Wildman–Crippen LogP) is 1.65. The molecule has 15 heavy (non-hydrogen) atoms. The van der Waals surface area contributed by atoms with Crippen molar-refractivity contribution in [2.24, 2.45) is 0 Å². The zero-order valence-electron chi connectivity index (χ0n) is 8.12. The van der Waals surface area contributed by atoms with E-state index in [0.29, 0.717) is 12.1 Å². The Balaban J connectivity index is 2.24. The lowest BCUT2D eigenvalue weighted by Gasteiger charge is -2.04. The molecule has 4 nitrogen and oxygen atoms in total. The standard InChI is InChI=1S/C10H11N3OS/c14-9-8(12-13-10(15)11-9)6-7-4-2-1-3-5-7/h2,4-5H,1,3,6H2,(H2,11,13,14,15). The van der Waals surface area contributed by atoms with Crippen LogP contribution in [0.4, 0.5) is 0 Å². The van der Waals surface area contributed by atoms with Crippen molar-refractivity contribution in [1.82, 2.24) is 15.2 Å². The van der Waals surface area contributed by atoms with Crippen molar-refractivity contribution >= 4 is 12.2 Å². The van der Waals surface area contributed by atoms with Crippen LogP contribution >= 0.6 is 12.2 Å². The van der Waals surface area contributed by atoms with E-state index in [1.165, 1.54) is 0 Å². The maximum Gasteiger partial charge on any atom is 0.273 e. The molecule has 0 aliphatic heterocycles. The van der Waals surface area contributed by atoms with Gasteiger partial charge in [-0.05, 0) is 30.6 Å². The van der Waals surface area contributed by atoms with Crippen LogP contribution in [-0.4, -0.2) is 15.2 Å². The van der Waals surface area contributed by atoms with E-state index in [1.54, 1.807) is 0 Å². The number of nitrogens with zero attached hydrogens (tertiary/aromatic N) is 1. The molecule has 78 valence electrons. The van der Waals surface area contributed by atoms with Crippen molar-refractivity contribution < 1.29 is 0 Å². The summed E-state index contributed by atoms with van der Waals surface area (Å²) < 4.78 is 0.261. The molecule has 0 spiro atoms. The average Bonchev–Trinajstić information content (AvgIpc) is 2.24. The van der Waals surface area contributed by atoms with Gasteiger partial charge in [-0.1, -0.05) is 18.2 Å². The monoisotopic (exact) mass is 221 g/mol. The maximum atomic E-state index is 11.5. The van der Waals surface area contributed by atoms with Gasteiger partial charge in [0.1, 0.15) is 5.69 Å². The minimum absolute atomic E-state index is 0.210. The first-order valence-corrected chi connectivity index (χ1v) is 5.20. The Morgan fingerprint density at radius 2 is 2.33 bits per heavy atom. The van der Waals surface area contributed by atoms with E-state index in [4.69, 9.17) is 12.2 Å². The molecule has 0 aromatic carbocycles. The molecule has 1 aromatic heterocycles. The smallest absolute Gasteiger partial charge is 0.273 e. The first kappa shape index (κ1) is 10.0. The van der Waals surface area contributed by atoms with E-state index in [2.05, 4.69) is 27.3 Å². The minimum atomic E-state index is -0.210. The lowest BCUT2D eigenvalue weighted by molar-refractivity contribution is 0.845. The molecule has 1 aromatic rings. The number of hydrogen-bond acceptors (Lipinski definition) is 3. The van der Waals surface area contributed by atoms with Crippen LogP contribution in [0.15, 0.2) is 28.6 Å². The third kappa shape index (κ3) is 2.50. The Labute approximate surface area is 91.7 Å². The molecule has 5 heteroatoms. The van der Waals surface area contributed by atoms with Gasteiger partial charge in [-0.25, -0.2) is 0 Å². The van der Waals surface area contributed by atoms with Crippen molar-refractivity contribution in [3.05, 3.63) is 44.6 Å². The van der Waals surface area contributed by atoms with E-state index < -0.39 is 0 Å². The quantitative estimate of drug-likeness (QED) is 0.746. The number of hydrogen-bond donors (Lipinski definition) is 2. The van der Waals surface area contributed by atoms with Crippen LogP contribution in [0.25, 0.3) is 0 Å². The summed E-state index contributed by atoms with van der Waals surface area (Å²) in [5.41, 5.74) is 1.39. The molecule has 1 heterocycles. The first-order chi connectivity index (χ1) is 7.25. The van der Waals surface area contributed by atoms with E-state index in [-0.39, 0.29) is 10.3 Å². The van der Waals surface area contributed by atoms with Gasteiger partial charge in [-0.15, -0.1) is 0 Å². The highest BCUT2D eigenvalue weighted by Gasteiger charge is 2.04. The molecule has 1 aliphatic carbocycles. The molecular formula is C10H11N3OS. The van der Waals surface area contributed by atoms with Crippen LogP contribution in [0.5, 0.6) is 0 Å². The van der Waals surface area contributed by atoms with Crippen LogP contribution in [-0.2, 0) is 6.42 Å². The SMILES string of the molecule is O=c1[nH]c(=S)[nH]nc1CC1=CCCC=C1. The zero-order chi connectivity index (χ0) is 10.7. The van der Waals surface area contributed by atoms with Gasteiger partial charge in [-0.2, -0.15) is 5.10 Å². The van der Waals surface area contributed by atoms with Crippen LogP contribution < -0.4 is 5.56 Å². The lowest BCUT2D eigenvalue weighted by atomic mass is 10.0. The second-order valence-corrected chi connectivity index (χ2v) is 3.80. The van der Waals surface area contributed by atoms with Gasteiger partial charge in [0.05, 0.1) is 0 Å². The van der Waals surface area contributed by atoms with Crippen molar-refractivity contribution in [3.8, 4) is 0 Å². The Morgan fingerprint density at radius 1 is 1.47 bits per heavy atom. The molecule has 0 bridgehead atoms. The normalized spacial score (nSPS) is 15.1. The fourth-order valence-corrected chi connectivity index (χ4v) is 1.62. The number of allylic oxidation sites excluding steroid dienone is 4. The van der Waals surface area contributed by atoms with E-state index in [9.17, 15) is 4.79 Å². The van der Waals surface area contributed by atoms with E-state index in [1.807, 2.05) is 6.08 Å². The first-order valence-electron chi connectivity index (χ1n) is 4.79. The zero-order valence-corrected chi connectivity index (χ0v) is 8.93. The number of rotatable bonds is 2. The van der Waals surface area contributed by atoms with Gasteiger partial charge in [0.25, 0.3) is 5.56 Å². The molecule has 2 N–H and O–H groups in total. The number of aromatic nitrogens is 3. The molecular weight excluding hydrogens is 210 g/mol. The Kier molecular flexibility index (Phi) is 2.91. The van der Waals surface area contributed by atoms with Crippen LogP contribution in [0.3, 0.4) is 0 Å².